The summed E-state index contributed by atoms with van der Waals surface area (Å²) < 4.78 is 5.75. The normalized spacial score (nSPS) is 30.8. The van der Waals surface area contributed by atoms with E-state index in [-0.39, 0.29) is 19.0 Å². The van der Waals surface area contributed by atoms with E-state index in [4.69, 9.17) is 16.2 Å². The molecule has 3 aliphatic rings. The number of rotatable bonds is 3. The smallest absolute Gasteiger partial charge is 0.281 e. The molecule has 0 saturated carbocycles. The molecule has 4 rings (SSSR count). The maximum atomic E-state index is 12.2. The van der Waals surface area contributed by atoms with Gasteiger partial charge in [0, 0.05) is 17.7 Å². The molecule has 0 bridgehead atoms. The number of aliphatic hydroxyl groups excluding tert-OH is 2. The molecule has 0 radical (unpaired) electrons. The third-order valence-corrected chi connectivity index (χ3v) is 4.50. The molecule has 1 aromatic rings. The Balaban J connectivity index is 1.76. The van der Waals surface area contributed by atoms with Gasteiger partial charge in [0.1, 0.15) is 18.2 Å². The molecule has 26 heavy (non-hydrogen) atoms. The quantitative estimate of drug-likeness (QED) is 0.474. The highest BCUT2D eigenvalue weighted by Gasteiger charge is 2.47. The van der Waals surface area contributed by atoms with Crippen molar-refractivity contribution in [2.75, 3.05) is 12.3 Å². The van der Waals surface area contributed by atoms with E-state index >= 15 is 0 Å². The van der Waals surface area contributed by atoms with Crippen molar-refractivity contribution in [3.05, 3.63) is 29.8 Å². The summed E-state index contributed by atoms with van der Waals surface area (Å²) in [5.74, 6) is 0.0744. The van der Waals surface area contributed by atoms with E-state index in [1.165, 1.54) is 0 Å². The molecule has 0 aliphatic carbocycles. The number of amidine groups is 2. The predicted molar refractivity (Wildman–Crippen MR) is 93.5 cm³/mol. The van der Waals surface area contributed by atoms with Gasteiger partial charge in [-0.25, -0.2) is 4.99 Å². The fourth-order valence-electron chi connectivity index (χ4n) is 3.25. The van der Waals surface area contributed by atoms with Crippen LogP contribution in [-0.4, -0.2) is 69.7 Å². The monoisotopic (exact) mass is 358 g/mol. The van der Waals surface area contributed by atoms with Gasteiger partial charge in [0.25, 0.3) is 5.91 Å². The average Bonchev–Trinajstić information content (AvgIpc) is 3.16. The number of fused-ring (bicyclic) bond motifs is 1. The number of aliphatic imine (C=N–C) groups is 3. The Morgan fingerprint density at radius 3 is 2.62 bits per heavy atom. The van der Waals surface area contributed by atoms with Gasteiger partial charge in [-0.1, -0.05) is 0 Å². The van der Waals surface area contributed by atoms with Crippen LogP contribution in [0.4, 0.5) is 5.69 Å². The minimum absolute atomic E-state index is 0.155. The van der Waals surface area contributed by atoms with E-state index in [2.05, 4.69) is 15.0 Å². The summed E-state index contributed by atoms with van der Waals surface area (Å²) in [5.41, 5.74) is 12.7. The molecule has 1 unspecified atom stereocenters. The molecule has 6 N–H and O–H groups in total. The lowest BCUT2D eigenvalue weighted by atomic mass is 10.1. The maximum absolute atomic E-state index is 12.2. The van der Waals surface area contributed by atoms with Crippen molar-refractivity contribution in [2.24, 2.45) is 20.7 Å². The van der Waals surface area contributed by atoms with Gasteiger partial charge >= 0.3 is 0 Å². The largest absolute Gasteiger partial charge is 0.399 e. The summed E-state index contributed by atoms with van der Waals surface area (Å²) in [5, 5.41) is 19.4. The number of carbonyl (C=O) groups excluding carboxylic acids is 1. The Labute approximate surface area is 148 Å². The molecule has 10 heteroatoms. The van der Waals surface area contributed by atoms with Crippen molar-refractivity contribution in [3.63, 3.8) is 0 Å². The van der Waals surface area contributed by atoms with Crippen LogP contribution in [0.5, 0.6) is 0 Å². The number of hydrogen-bond donors (Lipinski definition) is 4. The zero-order chi connectivity index (χ0) is 18.4. The molecule has 1 fully saturated rings. The number of guanidine groups is 1. The highest BCUT2D eigenvalue weighted by atomic mass is 16.5. The molecule has 136 valence electrons. The number of hydrogen-bond acceptors (Lipinski definition) is 9. The summed E-state index contributed by atoms with van der Waals surface area (Å²) in [6, 6.07) is 6.05. The first-order valence-corrected chi connectivity index (χ1v) is 8.12. The number of amides is 1. The average molecular weight is 358 g/mol. The van der Waals surface area contributed by atoms with Gasteiger partial charge in [0.05, 0.1) is 12.7 Å². The van der Waals surface area contributed by atoms with Gasteiger partial charge in [-0.3, -0.25) is 9.69 Å². The zero-order valence-corrected chi connectivity index (χ0v) is 13.7. The summed E-state index contributed by atoms with van der Waals surface area (Å²) >= 11 is 0. The number of benzene rings is 1. The Hall–Kier alpha value is -2.82. The third-order valence-electron chi connectivity index (χ3n) is 4.50. The van der Waals surface area contributed by atoms with Crippen molar-refractivity contribution in [1.82, 2.24) is 4.90 Å². The van der Waals surface area contributed by atoms with Crippen LogP contribution in [0.3, 0.4) is 0 Å². The van der Waals surface area contributed by atoms with Gasteiger partial charge in [-0.15, -0.1) is 0 Å². The van der Waals surface area contributed by atoms with Crippen LogP contribution >= 0.6 is 0 Å². The number of aliphatic hydroxyl groups is 2. The van der Waals surface area contributed by atoms with E-state index in [1.54, 1.807) is 29.2 Å². The molecule has 1 saturated heterocycles. The number of anilines is 1. The zero-order valence-electron chi connectivity index (χ0n) is 13.7. The van der Waals surface area contributed by atoms with E-state index in [9.17, 15) is 15.0 Å². The second kappa shape index (κ2) is 6.16. The van der Waals surface area contributed by atoms with Crippen LogP contribution < -0.4 is 11.5 Å². The Bertz CT molecular complexity index is 834. The molecule has 4 atom stereocenters. The van der Waals surface area contributed by atoms with Crippen LogP contribution in [0.15, 0.2) is 39.2 Å². The van der Waals surface area contributed by atoms with Crippen molar-refractivity contribution >= 4 is 29.2 Å². The van der Waals surface area contributed by atoms with E-state index in [0.717, 1.165) is 0 Å². The van der Waals surface area contributed by atoms with E-state index < -0.39 is 30.4 Å². The summed E-state index contributed by atoms with van der Waals surface area (Å²) in [4.78, 5) is 26.2. The van der Waals surface area contributed by atoms with Crippen LogP contribution in [0.2, 0.25) is 0 Å². The molecular weight excluding hydrogens is 340 g/mol. The minimum atomic E-state index is -0.913. The van der Waals surface area contributed by atoms with E-state index in [0.29, 0.717) is 22.9 Å². The van der Waals surface area contributed by atoms with Gasteiger partial charge < -0.3 is 26.4 Å². The molecule has 1 amide bonds. The first-order chi connectivity index (χ1) is 12.5. The Morgan fingerprint density at radius 2 is 1.96 bits per heavy atom. The number of nitrogens with zero attached hydrogens (tertiary/aromatic N) is 4. The summed E-state index contributed by atoms with van der Waals surface area (Å²) in [6.45, 7) is -0.321. The lowest BCUT2D eigenvalue weighted by Crippen LogP contribution is -2.47. The highest BCUT2D eigenvalue weighted by Crippen LogP contribution is 2.31. The molecule has 3 heterocycles. The second-order valence-electron chi connectivity index (χ2n) is 6.24. The first-order valence-electron chi connectivity index (χ1n) is 8.12. The predicted octanol–water partition coefficient (Wildman–Crippen LogP) is -1.58. The summed E-state index contributed by atoms with van der Waals surface area (Å²) in [6.07, 6.45) is -2.00. The lowest BCUT2D eigenvalue weighted by Gasteiger charge is -2.29. The number of ether oxygens (including phenoxy) is 1. The van der Waals surface area contributed by atoms with Crippen molar-refractivity contribution in [3.8, 4) is 0 Å². The number of carbonyl (C=O) groups is 1. The van der Waals surface area contributed by atoms with E-state index in [1.807, 2.05) is 0 Å². The molecule has 0 aromatic heterocycles. The minimum Gasteiger partial charge on any atom is -0.399 e. The van der Waals surface area contributed by atoms with Crippen LogP contribution in [0.1, 0.15) is 12.0 Å². The molecule has 0 spiro atoms. The standard InChI is InChI=1S/C16H18N6O4/c17-8-3-1-7(2-4-8)13-19-12-14(20-16(18)21-15(12)25)22(13)11-5-9(24)10(6-23)26-11/h1-4,9-12,23-24H,5-6,17H2,(H2,18,21,25)/t9-,10+,11+,12?/m0/s1. The number of nitrogens with two attached hydrogens (primary N) is 2. The van der Waals surface area contributed by atoms with Gasteiger partial charge in [0.15, 0.2) is 11.9 Å². The number of nitrogen functional groups attached to an aromatic ring is 1. The van der Waals surface area contributed by atoms with Crippen molar-refractivity contribution in [1.29, 1.82) is 0 Å². The van der Waals surface area contributed by atoms with Crippen LogP contribution in [0, 0.1) is 0 Å². The van der Waals surface area contributed by atoms with Crippen LogP contribution in [-0.2, 0) is 9.53 Å². The maximum Gasteiger partial charge on any atom is 0.281 e. The van der Waals surface area contributed by atoms with Gasteiger partial charge in [0.2, 0.25) is 5.96 Å². The lowest BCUT2D eigenvalue weighted by molar-refractivity contribution is -0.117. The Morgan fingerprint density at radius 1 is 1.23 bits per heavy atom. The van der Waals surface area contributed by atoms with Gasteiger partial charge in [-0.05, 0) is 24.3 Å². The molecule has 1 aromatic carbocycles. The van der Waals surface area contributed by atoms with Gasteiger partial charge in [-0.2, -0.15) is 9.98 Å². The molecular formula is C16H18N6O4. The topological polar surface area (TPSA) is 159 Å². The fraction of sp³-hybridized carbons (Fsp3) is 0.375. The fourth-order valence-corrected chi connectivity index (χ4v) is 3.25. The first kappa shape index (κ1) is 16.6. The third kappa shape index (κ3) is 2.64. The second-order valence-corrected chi connectivity index (χ2v) is 6.24. The van der Waals surface area contributed by atoms with Crippen molar-refractivity contribution in [2.45, 2.75) is 30.9 Å². The van der Waals surface area contributed by atoms with Crippen molar-refractivity contribution < 1.29 is 19.7 Å². The summed E-state index contributed by atoms with van der Waals surface area (Å²) in [7, 11) is 0. The SMILES string of the molecule is NC1=NC(=O)C2N=C(c3ccc(N)cc3)N([C@H]3C[C@H](O)[C@@H](CO)O3)C2=N1. The van der Waals surface area contributed by atoms with Crippen LogP contribution in [0.25, 0.3) is 0 Å². The Kier molecular flexibility index (Phi) is 3.94. The molecule has 3 aliphatic heterocycles. The highest BCUT2D eigenvalue weighted by molar-refractivity contribution is 6.27. The molecule has 10 nitrogen and oxygen atoms in total.